The fourth-order valence-electron chi connectivity index (χ4n) is 2.42. The van der Waals surface area contributed by atoms with Crippen molar-refractivity contribution in [3.63, 3.8) is 0 Å². The van der Waals surface area contributed by atoms with Crippen LogP contribution in [0.3, 0.4) is 0 Å². The minimum Gasteiger partial charge on any atom is -0.493 e. The second-order valence-electron chi connectivity index (χ2n) is 5.13. The summed E-state index contributed by atoms with van der Waals surface area (Å²) in [4.78, 5) is 12.1. The van der Waals surface area contributed by atoms with E-state index in [1.807, 2.05) is 19.1 Å². The Bertz CT molecular complexity index is 483. The van der Waals surface area contributed by atoms with E-state index in [1.165, 1.54) is 0 Å². The smallest absolute Gasteiger partial charge is 0.237 e. The van der Waals surface area contributed by atoms with Crippen LogP contribution in [-0.4, -0.2) is 18.6 Å². The van der Waals surface area contributed by atoms with Crippen LogP contribution in [0.25, 0.3) is 0 Å². The molecule has 2 atom stereocenters. The zero-order valence-corrected chi connectivity index (χ0v) is 13.7. The predicted octanol–water partition coefficient (Wildman–Crippen LogP) is 3.22. The molecule has 1 aromatic rings. The van der Waals surface area contributed by atoms with Gasteiger partial charge in [0, 0.05) is 10.6 Å². The van der Waals surface area contributed by atoms with Crippen molar-refractivity contribution in [2.45, 2.75) is 44.7 Å². The monoisotopic (exact) mass is 332 g/mol. The van der Waals surface area contributed by atoms with Crippen molar-refractivity contribution in [3.8, 4) is 5.75 Å². The van der Waals surface area contributed by atoms with Crippen LogP contribution in [-0.2, 0) is 4.79 Å². The number of carbonyl (C=O) groups excluding carboxylic acids is 1. The molecule has 4 nitrogen and oxygen atoms in total. The molecular formula is C15H22Cl2N2O2. The summed E-state index contributed by atoms with van der Waals surface area (Å²) in [7, 11) is 0. The number of nitrogens with one attached hydrogen (secondary N) is 1. The van der Waals surface area contributed by atoms with Gasteiger partial charge >= 0.3 is 0 Å². The topological polar surface area (TPSA) is 64.4 Å². The summed E-state index contributed by atoms with van der Waals surface area (Å²) >= 11 is 5.99. The molecule has 0 aromatic heterocycles. The van der Waals surface area contributed by atoms with E-state index in [9.17, 15) is 4.79 Å². The summed E-state index contributed by atoms with van der Waals surface area (Å²) in [5, 5.41) is 3.67. The van der Waals surface area contributed by atoms with Crippen molar-refractivity contribution in [2.24, 2.45) is 5.73 Å². The molecule has 0 bridgehead atoms. The molecule has 1 aromatic carbocycles. The van der Waals surface area contributed by atoms with E-state index in [-0.39, 0.29) is 24.4 Å². The third-order valence-electron chi connectivity index (χ3n) is 3.50. The Balaban J connectivity index is 0.00000220. The van der Waals surface area contributed by atoms with Crippen LogP contribution in [0, 0.1) is 0 Å². The molecule has 21 heavy (non-hydrogen) atoms. The second-order valence-corrected chi connectivity index (χ2v) is 5.57. The Morgan fingerprint density at radius 1 is 1.57 bits per heavy atom. The molecule has 0 fully saturated rings. The SMILES string of the molecule is CCCC(N)C(=O)NC1CCCOc2cc(Cl)ccc21.Cl. The lowest BCUT2D eigenvalue weighted by atomic mass is 10.0. The van der Waals surface area contributed by atoms with Gasteiger partial charge in [-0.3, -0.25) is 4.79 Å². The summed E-state index contributed by atoms with van der Waals surface area (Å²) in [5.41, 5.74) is 6.84. The minimum atomic E-state index is -0.445. The van der Waals surface area contributed by atoms with Gasteiger partial charge in [-0.15, -0.1) is 12.4 Å². The zero-order valence-electron chi connectivity index (χ0n) is 12.1. The number of benzene rings is 1. The lowest BCUT2D eigenvalue weighted by molar-refractivity contribution is -0.123. The molecule has 2 unspecified atom stereocenters. The Morgan fingerprint density at radius 3 is 3.05 bits per heavy atom. The molecule has 2 rings (SSSR count). The molecule has 1 amide bonds. The van der Waals surface area contributed by atoms with Crippen molar-refractivity contribution in [2.75, 3.05) is 6.61 Å². The Morgan fingerprint density at radius 2 is 2.33 bits per heavy atom. The van der Waals surface area contributed by atoms with Crippen molar-refractivity contribution in [3.05, 3.63) is 28.8 Å². The number of hydrogen-bond acceptors (Lipinski definition) is 3. The normalized spacial score (nSPS) is 18.5. The number of fused-ring (bicyclic) bond motifs is 1. The lowest BCUT2D eigenvalue weighted by Gasteiger charge is -2.20. The molecular weight excluding hydrogens is 311 g/mol. The number of hydrogen-bond donors (Lipinski definition) is 2. The van der Waals surface area contributed by atoms with Crippen LogP contribution in [0.15, 0.2) is 18.2 Å². The molecule has 0 spiro atoms. The van der Waals surface area contributed by atoms with E-state index < -0.39 is 6.04 Å². The standard InChI is InChI=1S/C15H21ClN2O2.ClH/c1-2-4-12(17)15(19)18-13-5-3-8-20-14-9-10(16)6-7-11(13)14;/h6-7,9,12-13H,2-5,8,17H2,1H3,(H,18,19);1H. The minimum absolute atomic E-state index is 0. The maximum absolute atomic E-state index is 12.1. The van der Waals surface area contributed by atoms with Crippen LogP contribution in [0.5, 0.6) is 5.75 Å². The molecule has 1 aliphatic heterocycles. The van der Waals surface area contributed by atoms with Gasteiger partial charge in [0.25, 0.3) is 0 Å². The number of amides is 1. The van der Waals surface area contributed by atoms with Gasteiger partial charge in [-0.2, -0.15) is 0 Å². The summed E-state index contributed by atoms with van der Waals surface area (Å²) in [6.45, 7) is 2.66. The Labute approximate surface area is 136 Å². The van der Waals surface area contributed by atoms with Crippen LogP contribution in [0.4, 0.5) is 0 Å². The van der Waals surface area contributed by atoms with Crippen molar-refractivity contribution in [1.29, 1.82) is 0 Å². The third kappa shape index (κ3) is 4.77. The van der Waals surface area contributed by atoms with Gasteiger partial charge < -0.3 is 15.8 Å². The molecule has 3 N–H and O–H groups in total. The maximum atomic E-state index is 12.1. The fraction of sp³-hybridized carbons (Fsp3) is 0.533. The van der Waals surface area contributed by atoms with E-state index in [0.29, 0.717) is 18.1 Å². The number of carbonyl (C=O) groups is 1. The highest BCUT2D eigenvalue weighted by atomic mass is 35.5. The quantitative estimate of drug-likeness (QED) is 0.889. The number of rotatable bonds is 4. The molecule has 1 heterocycles. The first-order valence-electron chi connectivity index (χ1n) is 7.10. The molecule has 118 valence electrons. The highest BCUT2D eigenvalue weighted by molar-refractivity contribution is 6.30. The van der Waals surface area contributed by atoms with Crippen molar-refractivity contribution in [1.82, 2.24) is 5.32 Å². The number of ether oxygens (including phenoxy) is 1. The summed E-state index contributed by atoms with van der Waals surface area (Å²) in [6, 6.07) is 5.03. The first-order chi connectivity index (χ1) is 9.61. The molecule has 0 aliphatic carbocycles. The van der Waals surface area contributed by atoms with E-state index in [0.717, 1.165) is 30.6 Å². The summed E-state index contributed by atoms with van der Waals surface area (Å²) in [6.07, 6.45) is 3.33. The second kappa shape index (κ2) is 8.47. The average Bonchev–Trinajstić information content (AvgIpc) is 2.61. The van der Waals surface area contributed by atoms with Crippen LogP contribution < -0.4 is 15.8 Å². The van der Waals surface area contributed by atoms with Gasteiger partial charge in [0.05, 0.1) is 18.7 Å². The Kier molecular flexibility index (Phi) is 7.29. The highest BCUT2D eigenvalue weighted by Crippen LogP contribution is 2.33. The fourth-order valence-corrected chi connectivity index (χ4v) is 2.58. The van der Waals surface area contributed by atoms with Gasteiger partial charge in [-0.1, -0.05) is 31.0 Å². The van der Waals surface area contributed by atoms with Gasteiger partial charge in [0.15, 0.2) is 0 Å². The molecule has 1 aliphatic rings. The average molecular weight is 333 g/mol. The van der Waals surface area contributed by atoms with E-state index in [4.69, 9.17) is 22.1 Å². The van der Waals surface area contributed by atoms with Gasteiger partial charge in [0.2, 0.25) is 5.91 Å². The molecule has 0 radical (unpaired) electrons. The first kappa shape index (κ1) is 18.1. The number of halogens is 2. The highest BCUT2D eigenvalue weighted by Gasteiger charge is 2.23. The predicted molar refractivity (Wildman–Crippen MR) is 87.2 cm³/mol. The largest absolute Gasteiger partial charge is 0.493 e. The molecule has 0 saturated heterocycles. The van der Waals surface area contributed by atoms with Crippen LogP contribution >= 0.6 is 24.0 Å². The summed E-state index contributed by atoms with van der Waals surface area (Å²) < 4.78 is 5.68. The summed E-state index contributed by atoms with van der Waals surface area (Å²) in [5.74, 6) is 0.656. The van der Waals surface area contributed by atoms with Crippen molar-refractivity contribution < 1.29 is 9.53 Å². The van der Waals surface area contributed by atoms with Crippen molar-refractivity contribution >= 4 is 29.9 Å². The van der Waals surface area contributed by atoms with Gasteiger partial charge in [0.1, 0.15) is 5.75 Å². The van der Waals surface area contributed by atoms with E-state index >= 15 is 0 Å². The Hall–Kier alpha value is -0.970. The van der Waals surface area contributed by atoms with E-state index in [1.54, 1.807) is 6.07 Å². The van der Waals surface area contributed by atoms with Gasteiger partial charge in [-0.05, 0) is 31.4 Å². The van der Waals surface area contributed by atoms with Crippen LogP contribution in [0.1, 0.15) is 44.2 Å². The maximum Gasteiger partial charge on any atom is 0.237 e. The van der Waals surface area contributed by atoms with E-state index in [2.05, 4.69) is 5.32 Å². The zero-order chi connectivity index (χ0) is 14.5. The third-order valence-corrected chi connectivity index (χ3v) is 3.73. The first-order valence-corrected chi connectivity index (χ1v) is 7.47. The number of nitrogens with two attached hydrogens (primary N) is 1. The lowest BCUT2D eigenvalue weighted by Crippen LogP contribution is -2.42. The van der Waals surface area contributed by atoms with Gasteiger partial charge in [-0.25, -0.2) is 0 Å². The molecule has 6 heteroatoms. The molecule has 0 saturated carbocycles. The van der Waals surface area contributed by atoms with Crippen LogP contribution in [0.2, 0.25) is 5.02 Å².